The maximum atomic E-state index is 12.3. The third kappa shape index (κ3) is 13.3. The monoisotopic (exact) mass is 507 g/mol. The van der Waals surface area contributed by atoms with E-state index in [9.17, 15) is 24.9 Å². The molecule has 1 aromatic rings. The van der Waals surface area contributed by atoms with Gasteiger partial charge in [-0.1, -0.05) is 96.5 Å². The minimum Gasteiger partial charge on any atom is -0.384 e. The SMILES string of the molecule is CCCCCCCCCCCCCCCCNC(=O)C(O)C(C)(O)C(O)C(=O)NCc1ccccn1. The van der Waals surface area contributed by atoms with Crippen LogP contribution in [0.3, 0.4) is 0 Å². The molecule has 8 nitrogen and oxygen atoms in total. The van der Waals surface area contributed by atoms with Gasteiger partial charge in [0.1, 0.15) is 5.60 Å². The molecule has 0 fully saturated rings. The Morgan fingerprint density at radius 2 is 1.28 bits per heavy atom. The number of carbonyl (C=O) groups excluding carboxylic acids is 2. The fourth-order valence-electron chi connectivity index (χ4n) is 4.09. The number of nitrogens with one attached hydrogen (secondary N) is 2. The Morgan fingerprint density at radius 3 is 1.75 bits per heavy atom. The van der Waals surface area contributed by atoms with Gasteiger partial charge < -0.3 is 26.0 Å². The summed E-state index contributed by atoms with van der Waals surface area (Å²) in [5.74, 6) is -1.71. The largest absolute Gasteiger partial charge is 0.384 e. The zero-order chi connectivity index (χ0) is 26.7. The Bertz CT molecular complexity index is 714. The van der Waals surface area contributed by atoms with E-state index in [0.29, 0.717) is 12.2 Å². The van der Waals surface area contributed by atoms with Gasteiger partial charge in [0.2, 0.25) is 0 Å². The van der Waals surface area contributed by atoms with Gasteiger partial charge >= 0.3 is 0 Å². The highest BCUT2D eigenvalue weighted by molar-refractivity contribution is 5.86. The molecule has 0 saturated carbocycles. The highest BCUT2D eigenvalue weighted by atomic mass is 16.4. The molecular weight excluding hydrogens is 458 g/mol. The van der Waals surface area contributed by atoms with E-state index in [0.717, 1.165) is 26.2 Å². The average Bonchev–Trinajstić information content (AvgIpc) is 2.88. The summed E-state index contributed by atoms with van der Waals surface area (Å²) in [4.78, 5) is 28.5. The summed E-state index contributed by atoms with van der Waals surface area (Å²) < 4.78 is 0. The van der Waals surface area contributed by atoms with Crippen LogP contribution in [0.2, 0.25) is 0 Å². The van der Waals surface area contributed by atoms with Crippen LogP contribution in [0.5, 0.6) is 0 Å². The first-order valence-electron chi connectivity index (χ1n) is 13.8. The number of unbranched alkanes of at least 4 members (excludes halogenated alkanes) is 13. The number of rotatable bonds is 21. The van der Waals surface area contributed by atoms with Gasteiger partial charge in [-0.15, -0.1) is 0 Å². The first-order chi connectivity index (χ1) is 17.3. The van der Waals surface area contributed by atoms with Gasteiger partial charge in [0, 0.05) is 12.7 Å². The molecule has 0 aliphatic heterocycles. The topological polar surface area (TPSA) is 132 Å². The Balaban J connectivity index is 2.11. The lowest BCUT2D eigenvalue weighted by atomic mass is 9.91. The third-order valence-electron chi connectivity index (χ3n) is 6.60. The van der Waals surface area contributed by atoms with E-state index in [2.05, 4.69) is 22.5 Å². The second kappa shape index (κ2) is 19.1. The van der Waals surface area contributed by atoms with Crippen LogP contribution in [0.4, 0.5) is 0 Å². The average molecular weight is 508 g/mol. The highest BCUT2D eigenvalue weighted by Crippen LogP contribution is 2.17. The summed E-state index contributed by atoms with van der Waals surface area (Å²) in [6, 6.07) is 5.19. The van der Waals surface area contributed by atoms with Crippen molar-refractivity contribution in [1.29, 1.82) is 0 Å². The minimum atomic E-state index is -2.34. The molecule has 3 unspecified atom stereocenters. The Hall–Kier alpha value is -2.03. The number of pyridine rings is 1. The summed E-state index contributed by atoms with van der Waals surface area (Å²) in [7, 11) is 0. The van der Waals surface area contributed by atoms with Crippen molar-refractivity contribution in [1.82, 2.24) is 15.6 Å². The quantitative estimate of drug-likeness (QED) is 0.161. The molecule has 0 bridgehead atoms. The molecule has 0 aromatic carbocycles. The fraction of sp³-hybridized carbons (Fsp3) is 0.750. The van der Waals surface area contributed by atoms with Crippen LogP contribution in [-0.4, -0.2) is 56.5 Å². The lowest BCUT2D eigenvalue weighted by Gasteiger charge is -2.31. The van der Waals surface area contributed by atoms with Gasteiger partial charge in [-0.05, 0) is 25.5 Å². The van der Waals surface area contributed by atoms with E-state index in [4.69, 9.17) is 0 Å². The van der Waals surface area contributed by atoms with E-state index in [1.807, 2.05) is 0 Å². The molecule has 8 heteroatoms. The summed E-state index contributed by atoms with van der Waals surface area (Å²) in [5.41, 5.74) is -1.77. The van der Waals surface area contributed by atoms with Gasteiger partial charge in [0.05, 0.1) is 12.2 Å². The van der Waals surface area contributed by atoms with E-state index >= 15 is 0 Å². The first kappa shape index (κ1) is 32.0. The van der Waals surface area contributed by atoms with Crippen molar-refractivity contribution >= 4 is 11.8 Å². The number of hydrogen-bond acceptors (Lipinski definition) is 6. The predicted molar refractivity (Wildman–Crippen MR) is 142 cm³/mol. The number of hydrogen-bond donors (Lipinski definition) is 5. The molecule has 3 atom stereocenters. The van der Waals surface area contributed by atoms with E-state index < -0.39 is 29.6 Å². The highest BCUT2D eigenvalue weighted by Gasteiger charge is 2.45. The number of aromatic nitrogens is 1. The molecule has 2 amide bonds. The lowest BCUT2D eigenvalue weighted by molar-refractivity contribution is -0.169. The number of nitrogens with zero attached hydrogens (tertiary/aromatic N) is 1. The zero-order valence-electron chi connectivity index (χ0n) is 22.4. The molecule has 0 aliphatic carbocycles. The number of aliphatic hydroxyl groups excluding tert-OH is 2. The van der Waals surface area contributed by atoms with Crippen molar-refractivity contribution < 1.29 is 24.9 Å². The van der Waals surface area contributed by atoms with Crippen LogP contribution < -0.4 is 10.6 Å². The van der Waals surface area contributed by atoms with Gasteiger partial charge in [-0.25, -0.2) is 0 Å². The molecule has 0 aliphatic rings. The molecule has 1 rings (SSSR count). The number of carbonyl (C=O) groups is 2. The van der Waals surface area contributed by atoms with Crippen molar-refractivity contribution in [3.8, 4) is 0 Å². The molecule has 5 N–H and O–H groups in total. The van der Waals surface area contributed by atoms with E-state index in [1.165, 1.54) is 70.6 Å². The molecular formula is C28H49N3O5. The normalized spacial score (nSPS) is 14.6. The fourth-order valence-corrected chi connectivity index (χ4v) is 4.09. The molecule has 0 spiro atoms. The van der Waals surface area contributed by atoms with Crippen LogP contribution in [-0.2, 0) is 16.1 Å². The van der Waals surface area contributed by atoms with Gasteiger partial charge in [0.15, 0.2) is 12.2 Å². The minimum absolute atomic E-state index is 0.0498. The van der Waals surface area contributed by atoms with Gasteiger partial charge in [-0.3, -0.25) is 14.6 Å². The summed E-state index contributed by atoms with van der Waals surface area (Å²) in [6.45, 7) is 3.73. The van der Waals surface area contributed by atoms with Gasteiger partial charge in [0.25, 0.3) is 11.8 Å². The first-order valence-corrected chi connectivity index (χ1v) is 13.8. The van der Waals surface area contributed by atoms with Crippen molar-refractivity contribution in [2.24, 2.45) is 0 Å². The van der Waals surface area contributed by atoms with Crippen molar-refractivity contribution in [2.45, 2.75) is 128 Å². The van der Waals surface area contributed by atoms with Crippen molar-refractivity contribution in [3.63, 3.8) is 0 Å². The van der Waals surface area contributed by atoms with Crippen LogP contribution in [0.25, 0.3) is 0 Å². The summed E-state index contributed by atoms with van der Waals surface area (Å²) in [5, 5.41) is 36.0. The second-order valence-corrected chi connectivity index (χ2v) is 9.96. The number of aliphatic hydroxyl groups is 3. The van der Waals surface area contributed by atoms with Crippen molar-refractivity contribution in [3.05, 3.63) is 30.1 Å². The van der Waals surface area contributed by atoms with Gasteiger partial charge in [-0.2, -0.15) is 0 Å². The zero-order valence-corrected chi connectivity index (χ0v) is 22.4. The second-order valence-electron chi connectivity index (χ2n) is 9.96. The van der Waals surface area contributed by atoms with Crippen LogP contribution in [0.15, 0.2) is 24.4 Å². The molecule has 0 saturated heterocycles. The third-order valence-corrected chi connectivity index (χ3v) is 6.60. The smallest absolute Gasteiger partial charge is 0.252 e. The van der Waals surface area contributed by atoms with E-state index in [1.54, 1.807) is 24.4 Å². The Morgan fingerprint density at radius 1 is 0.806 bits per heavy atom. The molecule has 1 heterocycles. The maximum absolute atomic E-state index is 12.3. The molecule has 36 heavy (non-hydrogen) atoms. The molecule has 0 radical (unpaired) electrons. The molecule has 1 aromatic heterocycles. The number of amides is 2. The van der Waals surface area contributed by atoms with E-state index in [-0.39, 0.29) is 6.54 Å². The maximum Gasteiger partial charge on any atom is 0.252 e. The predicted octanol–water partition coefficient (Wildman–Crippen LogP) is 3.77. The van der Waals surface area contributed by atoms with Crippen LogP contribution in [0.1, 0.15) is 109 Å². The Kier molecular flexibility index (Phi) is 17.0. The van der Waals surface area contributed by atoms with Crippen LogP contribution in [0, 0.1) is 0 Å². The lowest BCUT2D eigenvalue weighted by Crippen LogP contribution is -2.60. The summed E-state index contributed by atoms with van der Waals surface area (Å²) >= 11 is 0. The summed E-state index contributed by atoms with van der Waals surface area (Å²) in [6.07, 6.45) is 15.0. The Labute approximate surface area is 217 Å². The standard InChI is InChI=1S/C28H49N3O5/c1-3-4-5-6-7-8-9-10-11-12-13-14-15-17-21-30-26(34)24(32)28(2,36)25(33)27(35)31-22-23-19-16-18-20-29-23/h16,18-20,24-25,32-33,36H,3-15,17,21-22H2,1-2H3,(H,30,34)(H,31,35). The van der Waals surface area contributed by atoms with Crippen LogP contribution >= 0.6 is 0 Å². The van der Waals surface area contributed by atoms with Crippen molar-refractivity contribution in [2.75, 3.05) is 6.54 Å². The molecule has 206 valence electrons.